The van der Waals surface area contributed by atoms with E-state index >= 15 is 0 Å². The molecule has 1 aromatic rings. The lowest BCUT2D eigenvalue weighted by molar-refractivity contribution is 0.372. The predicted molar refractivity (Wildman–Crippen MR) is 113 cm³/mol. The Bertz CT molecular complexity index is 540. The second-order valence-electron chi connectivity index (χ2n) is 5.51. The van der Waals surface area contributed by atoms with Gasteiger partial charge in [0.15, 0.2) is 5.96 Å². The molecule has 0 saturated carbocycles. The molecule has 1 heterocycles. The molecule has 1 fully saturated rings. The summed E-state index contributed by atoms with van der Waals surface area (Å²) >= 11 is 0. The van der Waals surface area contributed by atoms with Gasteiger partial charge in [-0.1, -0.05) is 18.2 Å². The highest BCUT2D eigenvalue weighted by atomic mass is 127. The molecule has 0 bridgehead atoms. The summed E-state index contributed by atoms with van der Waals surface area (Å²) in [5.74, 6) is 1.91. The van der Waals surface area contributed by atoms with Gasteiger partial charge in [-0.3, -0.25) is 4.99 Å². The number of aliphatic imine (C=N–C) groups is 1. The molecule has 5 nitrogen and oxygen atoms in total. The van der Waals surface area contributed by atoms with Crippen LogP contribution in [-0.2, 0) is 0 Å². The fourth-order valence-corrected chi connectivity index (χ4v) is 2.75. The number of ether oxygens (including phenoxy) is 1. The van der Waals surface area contributed by atoms with Crippen molar-refractivity contribution < 1.29 is 4.74 Å². The zero-order valence-corrected chi connectivity index (χ0v) is 17.2. The summed E-state index contributed by atoms with van der Waals surface area (Å²) < 4.78 is 5.31. The van der Waals surface area contributed by atoms with E-state index in [0.29, 0.717) is 0 Å². The molecule has 6 heteroatoms. The molecule has 0 unspecified atom stereocenters. The van der Waals surface area contributed by atoms with Gasteiger partial charge in [-0.2, -0.15) is 0 Å². The monoisotopic (exact) mass is 444 g/mol. The van der Waals surface area contributed by atoms with Gasteiger partial charge in [-0.05, 0) is 25.5 Å². The van der Waals surface area contributed by atoms with Crippen LogP contribution in [0, 0.1) is 0 Å². The molecule has 2 rings (SSSR count). The van der Waals surface area contributed by atoms with Crippen molar-refractivity contribution in [2.45, 2.75) is 13.3 Å². The van der Waals surface area contributed by atoms with E-state index in [4.69, 9.17) is 4.74 Å². The number of nitrogens with one attached hydrogen (secondary N) is 1. The summed E-state index contributed by atoms with van der Waals surface area (Å²) in [4.78, 5) is 9.12. The first kappa shape index (κ1) is 20.6. The van der Waals surface area contributed by atoms with Gasteiger partial charge in [-0.25, -0.2) is 0 Å². The van der Waals surface area contributed by atoms with Gasteiger partial charge in [0.2, 0.25) is 0 Å². The van der Waals surface area contributed by atoms with Crippen molar-refractivity contribution in [2.24, 2.45) is 4.99 Å². The van der Waals surface area contributed by atoms with Crippen LogP contribution in [0.4, 0.5) is 5.69 Å². The number of benzene rings is 1. The van der Waals surface area contributed by atoms with Crippen LogP contribution in [0.1, 0.15) is 13.3 Å². The third kappa shape index (κ3) is 5.89. The molecule has 0 amide bonds. The van der Waals surface area contributed by atoms with Crippen LogP contribution in [0.15, 0.2) is 41.4 Å². The van der Waals surface area contributed by atoms with E-state index in [0.717, 1.165) is 50.9 Å². The molecule has 0 aromatic heterocycles. The van der Waals surface area contributed by atoms with Gasteiger partial charge < -0.3 is 19.9 Å². The summed E-state index contributed by atoms with van der Waals surface area (Å²) in [6, 6.07) is 8.26. The van der Waals surface area contributed by atoms with Gasteiger partial charge in [0.25, 0.3) is 0 Å². The Morgan fingerprint density at radius 3 is 2.67 bits per heavy atom. The Morgan fingerprint density at radius 2 is 2.04 bits per heavy atom. The van der Waals surface area contributed by atoms with Crippen LogP contribution in [-0.4, -0.2) is 57.7 Å². The van der Waals surface area contributed by atoms with Crippen LogP contribution < -0.4 is 15.0 Å². The highest BCUT2D eigenvalue weighted by molar-refractivity contribution is 14.0. The Morgan fingerprint density at radius 1 is 1.29 bits per heavy atom. The number of allylic oxidation sites excluding steroid dienone is 1. The average Bonchev–Trinajstić information content (AvgIpc) is 2.62. The summed E-state index contributed by atoms with van der Waals surface area (Å²) in [5.41, 5.74) is 1.22. The topological polar surface area (TPSA) is 40.1 Å². The molecule has 1 N–H and O–H groups in total. The van der Waals surface area contributed by atoms with Crippen molar-refractivity contribution in [1.82, 2.24) is 10.2 Å². The summed E-state index contributed by atoms with van der Waals surface area (Å²) in [7, 11) is 3.56. The van der Waals surface area contributed by atoms with E-state index in [2.05, 4.69) is 44.4 Å². The lowest BCUT2D eigenvalue weighted by atomic mass is 10.2. The zero-order chi connectivity index (χ0) is 16.5. The smallest absolute Gasteiger partial charge is 0.193 e. The van der Waals surface area contributed by atoms with E-state index < -0.39 is 0 Å². The van der Waals surface area contributed by atoms with Crippen LogP contribution >= 0.6 is 24.0 Å². The van der Waals surface area contributed by atoms with E-state index in [1.165, 1.54) is 5.69 Å². The SMILES string of the molecule is CC=CCCNC(=NC)N1CCN(c2cccc(OC)c2)CC1.I. The number of methoxy groups -OCH3 is 1. The van der Waals surface area contributed by atoms with Gasteiger partial charge in [-0.15, -0.1) is 24.0 Å². The molecule has 134 valence electrons. The number of nitrogens with zero attached hydrogens (tertiary/aromatic N) is 3. The van der Waals surface area contributed by atoms with E-state index in [9.17, 15) is 0 Å². The van der Waals surface area contributed by atoms with Crippen molar-refractivity contribution >= 4 is 35.6 Å². The minimum Gasteiger partial charge on any atom is -0.497 e. The molecular formula is C18H29IN4O. The maximum absolute atomic E-state index is 5.31. The first-order valence-electron chi connectivity index (χ1n) is 8.24. The van der Waals surface area contributed by atoms with Gasteiger partial charge in [0.05, 0.1) is 7.11 Å². The van der Waals surface area contributed by atoms with Crippen molar-refractivity contribution in [3.05, 3.63) is 36.4 Å². The fourth-order valence-electron chi connectivity index (χ4n) is 2.75. The third-order valence-corrected chi connectivity index (χ3v) is 4.04. The highest BCUT2D eigenvalue weighted by Crippen LogP contribution is 2.22. The molecule has 1 aliphatic heterocycles. The predicted octanol–water partition coefficient (Wildman–Crippen LogP) is 2.98. The number of anilines is 1. The molecule has 0 atom stereocenters. The minimum atomic E-state index is 0. The molecule has 0 aliphatic carbocycles. The van der Waals surface area contributed by atoms with Crippen LogP contribution in [0.3, 0.4) is 0 Å². The first-order chi connectivity index (χ1) is 11.3. The molecule has 1 saturated heterocycles. The second-order valence-corrected chi connectivity index (χ2v) is 5.51. The van der Waals surface area contributed by atoms with Crippen molar-refractivity contribution in [1.29, 1.82) is 0 Å². The normalized spacial score (nSPS) is 15.4. The minimum absolute atomic E-state index is 0. The Kier molecular flexibility index (Phi) is 9.59. The summed E-state index contributed by atoms with van der Waals surface area (Å²) in [6.07, 6.45) is 5.28. The van der Waals surface area contributed by atoms with Crippen LogP contribution in [0.2, 0.25) is 0 Å². The summed E-state index contributed by atoms with van der Waals surface area (Å²) in [6.45, 7) is 6.90. The fraction of sp³-hybridized carbons (Fsp3) is 0.500. The molecule has 1 aromatic carbocycles. The largest absolute Gasteiger partial charge is 0.497 e. The van der Waals surface area contributed by atoms with Gasteiger partial charge in [0.1, 0.15) is 5.75 Å². The van der Waals surface area contributed by atoms with Gasteiger partial charge >= 0.3 is 0 Å². The third-order valence-electron chi connectivity index (χ3n) is 4.04. The first-order valence-corrected chi connectivity index (χ1v) is 8.24. The highest BCUT2D eigenvalue weighted by Gasteiger charge is 2.19. The van der Waals surface area contributed by atoms with Gasteiger partial charge in [0, 0.05) is 51.5 Å². The van der Waals surface area contributed by atoms with E-state index in [-0.39, 0.29) is 24.0 Å². The Labute approximate surface area is 162 Å². The molecule has 0 radical (unpaired) electrons. The second kappa shape index (κ2) is 11.2. The Hall–Kier alpha value is -1.44. The number of guanidine groups is 1. The number of piperazine rings is 1. The molecule has 1 aliphatic rings. The average molecular weight is 444 g/mol. The van der Waals surface area contributed by atoms with Crippen molar-refractivity contribution in [3.8, 4) is 5.75 Å². The van der Waals surface area contributed by atoms with Crippen molar-refractivity contribution in [2.75, 3.05) is 51.8 Å². The molecular weight excluding hydrogens is 415 g/mol. The number of halogens is 1. The zero-order valence-electron chi connectivity index (χ0n) is 14.9. The maximum atomic E-state index is 5.31. The van der Waals surface area contributed by atoms with E-state index in [1.807, 2.05) is 26.1 Å². The number of hydrogen-bond acceptors (Lipinski definition) is 3. The number of hydrogen-bond donors (Lipinski definition) is 1. The van der Waals surface area contributed by atoms with Crippen LogP contribution in [0.25, 0.3) is 0 Å². The van der Waals surface area contributed by atoms with E-state index in [1.54, 1.807) is 7.11 Å². The number of rotatable bonds is 5. The molecule has 0 spiro atoms. The lowest BCUT2D eigenvalue weighted by Crippen LogP contribution is -2.52. The van der Waals surface area contributed by atoms with Crippen molar-refractivity contribution in [3.63, 3.8) is 0 Å². The standard InChI is InChI=1S/C18H28N4O.HI/c1-4-5-6-10-20-18(19-2)22-13-11-21(12-14-22)16-8-7-9-17(15-16)23-3;/h4-5,7-9,15H,6,10-14H2,1-3H3,(H,19,20);1H. The maximum Gasteiger partial charge on any atom is 0.193 e. The quantitative estimate of drug-likeness (QED) is 0.249. The lowest BCUT2D eigenvalue weighted by Gasteiger charge is -2.37. The Balaban J connectivity index is 0.00000288. The molecule has 24 heavy (non-hydrogen) atoms. The van der Waals surface area contributed by atoms with Crippen LogP contribution in [0.5, 0.6) is 5.75 Å². The summed E-state index contributed by atoms with van der Waals surface area (Å²) in [5, 5.41) is 3.43.